The highest BCUT2D eigenvalue weighted by molar-refractivity contribution is 9.10. The molecule has 1 saturated heterocycles. The first-order valence-electron chi connectivity index (χ1n) is 6.61. The normalized spacial score (nSPS) is 16.4. The van der Waals surface area contributed by atoms with Crippen molar-refractivity contribution in [2.24, 2.45) is 11.7 Å². The van der Waals surface area contributed by atoms with Crippen molar-refractivity contribution in [3.63, 3.8) is 0 Å². The molecule has 0 atom stereocenters. The molecule has 2 N–H and O–H groups in total. The topological polar surface area (TPSA) is 72.4 Å². The van der Waals surface area contributed by atoms with Crippen LogP contribution < -0.4 is 10.6 Å². The smallest absolute Gasteiger partial charge is 0.293 e. The predicted octanol–water partition coefficient (Wildman–Crippen LogP) is 3.06. The van der Waals surface area contributed by atoms with E-state index in [0.717, 1.165) is 19.3 Å². The van der Waals surface area contributed by atoms with Gasteiger partial charge in [-0.25, -0.2) is 4.39 Å². The summed E-state index contributed by atoms with van der Waals surface area (Å²) < 4.78 is 13.8. The molecule has 1 aliphatic rings. The van der Waals surface area contributed by atoms with E-state index in [1.165, 1.54) is 12.1 Å². The maximum Gasteiger partial charge on any atom is 0.293 e. The van der Waals surface area contributed by atoms with Crippen LogP contribution in [0.15, 0.2) is 16.6 Å². The summed E-state index contributed by atoms with van der Waals surface area (Å²) in [4.78, 5) is 12.5. The standard InChI is InChI=1S/C13H17BrFN3O2/c14-10-7-13(18(19)20)12(8-11(10)15)17-5-2-9(1-4-16)3-6-17/h7-9H,1-6,16H2. The van der Waals surface area contributed by atoms with E-state index in [-0.39, 0.29) is 10.2 Å². The molecule has 20 heavy (non-hydrogen) atoms. The van der Waals surface area contributed by atoms with Gasteiger partial charge in [0.15, 0.2) is 0 Å². The molecule has 2 rings (SSSR count). The van der Waals surface area contributed by atoms with Crippen molar-refractivity contribution in [2.45, 2.75) is 19.3 Å². The zero-order valence-electron chi connectivity index (χ0n) is 11.0. The van der Waals surface area contributed by atoms with E-state index in [0.29, 0.717) is 31.2 Å². The number of hydrogen-bond donors (Lipinski definition) is 1. The van der Waals surface area contributed by atoms with Crippen LogP contribution in [0.5, 0.6) is 0 Å². The van der Waals surface area contributed by atoms with Gasteiger partial charge in [0.25, 0.3) is 5.69 Å². The van der Waals surface area contributed by atoms with E-state index in [9.17, 15) is 14.5 Å². The Morgan fingerprint density at radius 2 is 2.10 bits per heavy atom. The zero-order valence-corrected chi connectivity index (χ0v) is 12.6. The first-order valence-corrected chi connectivity index (χ1v) is 7.40. The zero-order chi connectivity index (χ0) is 14.7. The Hall–Kier alpha value is -1.21. The quantitative estimate of drug-likeness (QED) is 0.672. The van der Waals surface area contributed by atoms with Crippen LogP contribution >= 0.6 is 15.9 Å². The van der Waals surface area contributed by atoms with Crippen molar-refractivity contribution < 1.29 is 9.31 Å². The second-order valence-electron chi connectivity index (χ2n) is 5.02. The number of benzene rings is 1. The Bertz CT molecular complexity index is 505. The number of halogens is 2. The molecule has 0 bridgehead atoms. The lowest BCUT2D eigenvalue weighted by Gasteiger charge is -2.33. The van der Waals surface area contributed by atoms with Gasteiger partial charge in [-0.05, 0) is 47.7 Å². The van der Waals surface area contributed by atoms with Gasteiger partial charge < -0.3 is 10.6 Å². The Balaban J connectivity index is 2.21. The van der Waals surface area contributed by atoms with E-state index in [4.69, 9.17) is 5.73 Å². The van der Waals surface area contributed by atoms with E-state index in [1.54, 1.807) is 0 Å². The molecule has 5 nitrogen and oxygen atoms in total. The van der Waals surface area contributed by atoms with Crippen LogP contribution in [0.4, 0.5) is 15.8 Å². The van der Waals surface area contributed by atoms with Gasteiger partial charge in [0.2, 0.25) is 0 Å². The lowest BCUT2D eigenvalue weighted by molar-refractivity contribution is -0.384. The SMILES string of the molecule is NCCC1CCN(c2cc(F)c(Br)cc2[N+](=O)[O-])CC1. The molecule has 1 aliphatic heterocycles. The van der Waals surface area contributed by atoms with Crippen LogP contribution in [-0.4, -0.2) is 24.6 Å². The average Bonchev–Trinajstić information content (AvgIpc) is 2.42. The number of piperidine rings is 1. The van der Waals surface area contributed by atoms with Gasteiger partial charge in [0.05, 0.1) is 9.40 Å². The van der Waals surface area contributed by atoms with Gasteiger partial charge in [-0.1, -0.05) is 0 Å². The van der Waals surface area contributed by atoms with Crippen LogP contribution in [0.3, 0.4) is 0 Å². The number of nitrogens with zero attached hydrogens (tertiary/aromatic N) is 2. The van der Waals surface area contributed by atoms with Crippen molar-refractivity contribution >= 4 is 27.3 Å². The Labute approximate surface area is 125 Å². The summed E-state index contributed by atoms with van der Waals surface area (Å²) in [5.41, 5.74) is 5.85. The fourth-order valence-electron chi connectivity index (χ4n) is 2.62. The Morgan fingerprint density at radius 1 is 1.45 bits per heavy atom. The van der Waals surface area contributed by atoms with Gasteiger partial charge in [-0.2, -0.15) is 0 Å². The summed E-state index contributed by atoms with van der Waals surface area (Å²) in [6, 6.07) is 2.47. The van der Waals surface area contributed by atoms with Crippen molar-refractivity contribution in [3.8, 4) is 0 Å². The number of nitrogens with two attached hydrogens (primary N) is 1. The van der Waals surface area contributed by atoms with Crippen molar-refractivity contribution in [1.82, 2.24) is 0 Å². The van der Waals surface area contributed by atoms with Crippen molar-refractivity contribution in [1.29, 1.82) is 0 Å². The number of hydrogen-bond acceptors (Lipinski definition) is 4. The van der Waals surface area contributed by atoms with E-state index in [1.807, 2.05) is 4.90 Å². The summed E-state index contributed by atoms with van der Waals surface area (Å²) in [5, 5.41) is 11.1. The van der Waals surface area contributed by atoms with Crippen LogP contribution in [0.1, 0.15) is 19.3 Å². The highest BCUT2D eigenvalue weighted by atomic mass is 79.9. The third-order valence-electron chi connectivity index (χ3n) is 3.74. The summed E-state index contributed by atoms with van der Waals surface area (Å²) in [6.07, 6.45) is 2.85. The Kier molecular flexibility index (Phi) is 4.93. The molecule has 0 amide bonds. The van der Waals surface area contributed by atoms with Crippen LogP contribution in [-0.2, 0) is 0 Å². The molecule has 0 saturated carbocycles. The summed E-state index contributed by atoms with van der Waals surface area (Å²) in [6.45, 7) is 2.07. The third kappa shape index (κ3) is 3.27. The molecule has 1 aromatic carbocycles. The maximum atomic E-state index is 13.7. The number of nitro benzene ring substituents is 1. The summed E-state index contributed by atoms with van der Waals surface area (Å²) in [7, 11) is 0. The average molecular weight is 346 g/mol. The molecule has 0 aromatic heterocycles. The molecule has 110 valence electrons. The maximum absolute atomic E-state index is 13.7. The largest absolute Gasteiger partial charge is 0.366 e. The number of anilines is 1. The lowest BCUT2D eigenvalue weighted by Crippen LogP contribution is -2.34. The number of rotatable bonds is 4. The van der Waals surface area contributed by atoms with E-state index >= 15 is 0 Å². The van der Waals surface area contributed by atoms with E-state index < -0.39 is 10.7 Å². The fourth-order valence-corrected chi connectivity index (χ4v) is 2.95. The first-order chi connectivity index (χ1) is 9.52. The molecule has 0 spiro atoms. The molecule has 0 unspecified atom stereocenters. The second-order valence-corrected chi connectivity index (χ2v) is 5.87. The molecule has 0 aliphatic carbocycles. The molecule has 7 heteroatoms. The molecule has 1 aromatic rings. The molecular weight excluding hydrogens is 329 g/mol. The lowest BCUT2D eigenvalue weighted by atomic mass is 9.93. The van der Waals surface area contributed by atoms with Gasteiger partial charge in [-0.3, -0.25) is 10.1 Å². The predicted molar refractivity (Wildman–Crippen MR) is 79.4 cm³/mol. The summed E-state index contributed by atoms with van der Waals surface area (Å²) in [5.74, 6) is 0.0882. The van der Waals surface area contributed by atoms with Gasteiger partial charge in [0, 0.05) is 25.2 Å². The highest BCUT2D eigenvalue weighted by Crippen LogP contribution is 2.35. The molecule has 1 fully saturated rings. The van der Waals surface area contributed by atoms with Gasteiger partial charge >= 0.3 is 0 Å². The molecule has 1 heterocycles. The summed E-state index contributed by atoms with van der Waals surface area (Å²) >= 11 is 2.99. The minimum Gasteiger partial charge on any atom is -0.366 e. The van der Waals surface area contributed by atoms with Gasteiger partial charge in [0.1, 0.15) is 11.5 Å². The molecular formula is C13H17BrFN3O2. The monoisotopic (exact) mass is 345 g/mol. The number of nitro groups is 1. The molecule has 0 radical (unpaired) electrons. The highest BCUT2D eigenvalue weighted by Gasteiger charge is 2.26. The van der Waals surface area contributed by atoms with Gasteiger partial charge in [-0.15, -0.1) is 0 Å². The minimum atomic E-state index is -0.477. The Morgan fingerprint density at radius 3 is 2.65 bits per heavy atom. The minimum absolute atomic E-state index is 0.0597. The second kappa shape index (κ2) is 6.49. The van der Waals surface area contributed by atoms with Crippen molar-refractivity contribution in [3.05, 3.63) is 32.5 Å². The van der Waals surface area contributed by atoms with Crippen molar-refractivity contribution in [2.75, 3.05) is 24.5 Å². The van der Waals surface area contributed by atoms with Crippen LogP contribution in [0.25, 0.3) is 0 Å². The third-order valence-corrected chi connectivity index (χ3v) is 4.35. The fraction of sp³-hybridized carbons (Fsp3) is 0.538. The van der Waals surface area contributed by atoms with Crippen LogP contribution in [0, 0.1) is 21.8 Å². The van der Waals surface area contributed by atoms with Crippen LogP contribution in [0.2, 0.25) is 0 Å². The first kappa shape index (κ1) is 15.2. The van der Waals surface area contributed by atoms with E-state index in [2.05, 4.69) is 15.9 Å².